The van der Waals surface area contributed by atoms with Crippen LogP contribution in [0.1, 0.15) is 24.0 Å². The van der Waals surface area contributed by atoms with Crippen LogP contribution in [0.5, 0.6) is 0 Å². The summed E-state index contributed by atoms with van der Waals surface area (Å²) in [7, 11) is 0. The van der Waals surface area contributed by atoms with Crippen molar-refractivity contribution in [1.82, 2.24) is 14.8 Å². The van der Waals surface area contributed by atoms with E-state index in [9.17, 15) is 4.79 Å². The van der Waals surface area contributed by atoms with Gasteiger partial charge >= 0.3 is 5.97 Å². The standard InChI is InChI=1S/C12H15N3O2S2/c1-2-5-15-10(7-9-4-3-6-18-9)13-14-12(15)19-8-11(16)17/h3-4,6H,2,5,7-8H2,1H3,(H,16,17). The van der Waals surface area contributed by atoms with E-state index in [0.717, 1.165) is 25.2 Å². The quantitative estimate of drug-likeness (QED) is 0.795. The van der Waals surface area contributed by atoms with Gasteiger partial charge in [0.05, 0.1) is 5.75 Å². The second-order valence-electron chi connectivity index (χ2n) is 3.99. The average molecular weight is 297 g/mol. The molecular weight excluding hydrogens is 282 g/mol. The molecule has 0 aromatic carbocycles. The van der Waals surface area contributed by atoms with Crippen LogP contribution in [0.15, 0.2) is 22.7 Å². The molecule has 19 heavy (non-hydrogen) atoms. The zero-order valence-electron chi connectivity index (χ0n) is 10.6. The molecule has 2 aromatic rings. The first-order valence-electron chi connectivity index (χ1n) is 5.99. The summed E-state index contributed by atoms with van der Waals surface area (Å²) in [5, 5.41) is 19.8. The van der Waals surface area contributed by atoms with Crippen molar-refractivity contribution in [2.24, 2.45) is 0 Å². The predicted molar refractivity (Wildman–Crippen MR) is 75.8 cm³/mol. The lowest BCUT2D eigenvalue weighted by atomic mass is 10.3. The van der Waals surface area contributed by atoms with Crippen LogP contribution in [-0.2, 0) is 17.8 Å². The lowest BCUT2D eigenvalue weighted by molar-refractivity contribution is -0.133. The Morgan fingerprint density at radius 2 is 2.37 bits per heavy atom. The molecule has 0 bridgehead atoms. The lowest BCUT2D eigenvalue weighted by Gasteiger charge is -2.07. The van der Waals surface area contributed by atoms with Crippen molar-refractivity contribution in [2.45, 2.75) is 31.5 Å². The molecule has 0 spiro atoms. The third-order valence-electron chi connectivity index (χ3n) is 2.48. The van der Waals surface area contributed by atoms with Gasteiger partial charge in [0.15, 0.2) is 5.16 Å². The Labute approximate surface area is 119 Å². The number of carboxylic acids is 1. The summed E-state index contributed by atoms with van der Waals surface area (Å²) < 4.78 is 2.02. The van der Waals surface area contributed by atoms with E-state index in [4.69, 9.17) is 5.11 Å². The Balaban J connectivity index is 2.16. The highest BCUT2D eigenvalue weighted by atomic mass is 32.2. The Bertz CT molecular complexity index is 537. The highest BCUT2D eigenvalue weighted by molar-refractivity contribution is 7.99. The summed E-state index contributed by atoms with van der Waals surface area (Å²) in [4.78, 5) is 11.9. The predicted octanol–water partition coefficient (Wildman–Crippen LogP) is 2.52. The number of carboxylic acid groups (broad SMARTS) is 1. The molecule has 0 amide bonds. The molecule has 2 heterocycles. The van der Waals surface area contributed by atoms with E-state index in [1.54, 1.807) is 11.3 Å². The van der Waals surface area contributed by atoms with E-state index >= 15 is 0 Å². The van der Waals surface area contributed by atoms with Crippen LogP contribution < -0.4 is 0 Å². The van der Waals surface area contributed by atoms with Gasteiger partial charge in [-0.2, -0.15) is 0 Å². The molecule has 0 aliphatic carbocycles. The van der Waals surface area contributed by atoms with Gasteiger partial charge in [0.2, 0.25) is 0 Å². The van der Waals surface area contributed by atoms with Crippen LogP contribution in [0.3, 0.4) is 0 Å². The van der Waals surface area contributed by atoms with Crippen LogP contribution >= 0.6 is 23.1 Å². The fourth-order valence-corrected chi connectivity index (χ4v) is 3.11. The van der Waals surface area contributed by atoms with E-state index < -0.39 is 5.97 Å². The second-order valence-corrected chi connectivity index (χ2v) is 5.96. The Morgan fingerprint density at radius 1 is 1.53 bits per heavy atom. The number of hydrogen-bond donors (Lipinski definition) is 1. The van der Waals surface area contributed by atoms with E-state index in [2.05, 4.69) is 23.2 Å². The van der Waals surface area contributed by atoms with Crippen LogP contribution in [-0.4, -0.2) is 31.6 Å². The van der Waals surface area contributed by atoms with Gasteiger partial charge in [-0.15, -0.1) is 21.5 Å². The smallest absolute Gasteiger partial charge is 0.313 e. The summed E-state index contributed by atoms with van der Waals surface area (Å²) in [5.41, 5.74) is 0. The van der Waals surface area contributed by atoms with Gasteiger partial charge in [0.1, 0.15) is 5.82 Å². The van der Waals surface area contributed by atoms with Crippen molar-refractivity contribution >= 4 is 29.1 Å². The fraction of sp³-hybridized carbons (Fsp3) is 0.417. The molecule has 2 aromatic heterocycles. The summed E-state index contributed by atoms with van der Waals surface area (Å²) >= 11 is 2.91. The molecule has 0 fully saturated rings. The normalized spacial score (nSPS) is 10.8. The minimum atomic E-state index is -0.837. The van der Waals surface area contributed by atoms with E-state index in [0.29, 0.717) is 5.16 Å². The van der Waals surface area contributed by atoms with Gasteiger partial charge in [-0.05, 0) is 17.9 Å². The number of thiophene rings is 1. The number of thioether (sulfide) groups is 1. The van der Waals surface area contributed by atoms with E-state index in [1.807, 2.05) is 16.0 Å². The first-order chi connectivity index (χ1) is 9.20. The van der Waals surface area contributed by atoms with Crippen LogP contribution in [0.2, 0.25) is 0 Å². The number of hydrogen-bond acceptors (Lipinski definition) is 5. The Hall–Kier alpha value is -1.34. The van der Waals surface area contributed by atoms with Gasteiger partial charge in [0.25, 0.3) is 0 Å². The molecule has 0 saturated carbocycles. The summed E-state index contributed by atoms with van der Waals surface area (Å²) in [5.74, 6) is 0.0777. The largest absolute Gasteiger partial charge is 0.481 e. The van der Waals surface area contributed by atoms with Gasteiger partial charge < -0.3 is 9.67 Å². The molecule has 102 valence electrons. The molecule has 0 atom stereocenters. The van der Waals surface area contributed by atoms with Gasteiger partial charge in [0, 0.05) is 17.8 Å². The number of nitrogens with zero attached hydrogens (tertiary/aromatic N) is 3. The van der Waals surface area contributed by atoms with Crippen molar-refractivity contribution in [3.05, 3.63) is 28.2 Å². The molecule has 0 aliphatic heterocycles. The van der Waals surface area contributed by atoms with Crippen LogP contribution in [0.25, 0.3) is 0 Å². The third-order valence-corrected chi connectivity index (χ3v) is 4.31. The minimum absolute atomic E-state index is 0.0147. The summed E-state index contributed by atoms with van der Waals surface area (Å²) in [6.45, 7) is 2.90. The monoisotopic (exact) mass is 297 g/mol. The number of carbonyl (C=O) groups is 1. The highest BCUT2D eigenvalue weighted by Crippen LogP contribution is 2.20. The van der Waals surface area contributed by atoms with Gasteiger partial charge in [-0.25, -0.2) is 0 Å². The molecule has 2 rings (SSSR count). The number of aliphatic carboxylic acids is 1. The first-order valence-corrected chi connectivity index (χ1v) is 7.86. The molecular formula is C12H15N3O2S2. The molecule has 1 N–H and O–H groups in total. The topological polar surface area (TPSA) is 68.0 Å². The average Bonchev–Trinajstić information content (AvgIpc) is 2.99. The van der Waals surface area contributed by atoms with Crippen molar-refractivity contribution in [3.63, 3.8) is 0 Å². The Kier molecular flexibility index (Phi) is 4.98. The summed E-state index contributed by atoms with van der Waals surface area (Å²) in [6.07, 6.45) is 1.72. The molecule has 5 nitrogen and oxygen atoms in total. The maximum absolute atomic E-state index is 10.6. The minimum Gasteiger partial charge on any atom is -0.481 e. The van der Waals surface area contributed by atoms with Crippen LogP contribution in [0, 0.1) is 0 Å². The van der Waals surface area contributed by atoms with Gasteiger partial charge in [-0.1, -0.05) is 24.8 Å². The van der Waals surface area contributed by atoms with Crippen molar-refractivity contribution < 1.29 is 9.90 Å². The van der Waals surface area contributed by atoms with Crippen LogP contribution in [0.4, 0.5) is 0 Å². The number of aromatic nitrogens is 3. The third kappa shape index (κ3) is 3.81. The molecule has 0 unspecified atom stereocenters. The van der Waals surface area contributed by atoms with Crippen molar-refractivity contribution in [2.75, 3.05) is 5.75 Å². The highest BCUT2D eigenvalue weighted by Gasteiger charge is 2.14. The maximum atomic E-state index is 10.6. The molecule has 0 aliphatic rings. The van der Waals surface area contributed by atoms with E-state index in [-0.39, 0.29) is 5.75 Å². The fourth-order valence-electron chi connectivity index (χ4n) is 1.70. The SMILES string of the molecule is CCCn1c(Cc2cccs2)nnc1SCC(=O)O. The van der Waals surface area contributed by atoms with E-state index in [1.165, 1.54) is 16.6 Å². The second kappa shape index (κ2) is 6.72. The van der Waals surface area contributed by atoms with Crippen molar-refractivity contribution in [3.8, 4) is 0 Å². The van der Waals surface area contributed by atoms with Gasteiger partial charge in [-0.3, -0.25) is 4.79 Å². The lowest BCUT2D eigenvalue weighted by Crippen LogP contribution is -2.06. The molecule has 0 saturated heterocycles. The van der Waals surface area contributed by atoms with Crippen molar-refractivity contribution in [1.29, 1.82) is 0 Å². The molecule has 0 radical (unpaired) electrons. The zero-order chi connectivity index (χ0) is 13.7. The number of rotatable bonds is 7. The first kappa shape index (κ1) is 14.1. The molecule has 7 heteroatoms. The maximum Gasteiger partial charge on any atom is 0.313 e. The zero-order valence-corrected chi connectivity index (χ0v) is 12.2. The summed E-state index contributed by atoms with van der Waals surface area (Å²) in [6, 6.07) is 4.08. The Morgan fingerprint density at radius 3 is 3.00 bits per heavy atom.